The minimum atomic E-state index is 0.846. The van der Waals surface area contributed by atoms with Gasteiger partial charge in [0.2, 0.25) is 0 Å². The number of hydrogen-bond donors (Lipinski definition) is 1. The lowest BCUT2D eigenvalue weighted by atomic mass is 10.3. The van der Waals surface area contributed by atoms with Gasteiger partial charge in [0.25, 0.3) is 0 Å². The number of hydrazine groups is 1. The average Bonchev–Trinajstić information content (AvgIpc) is 2.87. The number of aromatic nitrogens is 2. The quantitative estimate of drug-likeness (QED) is 0.828. The summed E-state index contributed by atoms with van der Waals surface area (Å²) in [6.45, 7) is 1.74. The zero-order chi connectivity index (χ0) is 10.1. The van der Waals surface area contributed by atoms with Gasteiger partial charge in [-0.2, -0.15) is 8.75 Å². The third-order valence-corrected chi connectivity index (χ3v) is 2.78. The molecule has 3 rings (SSSR count). The Morgan fingerprint density at radius 2 is 2.33 bits per heavy atom. The number of fused-ring (bicyclic) bond motifs is 1. The second-order valence-electron chi connectivity index (χ2n) is 3.26. The third kappa shape index (κ3) is 1.52. The molecule has 0 bridgehead atoms. The van der Waals surface area contributed by atoms with Crippen LogP contribution in [-0.4, -0.2) is 33.2 Å². The number of hydrogen-bond acceptors (Lipinski definition) is 6. The van der Waals surface area contributed by atoms with Crippen LogP contribution in [0, 0.1) is 0 Å². The molecule has 1 N–H and O–H groups in total. The summed E-state index contributed by atoms with van der Waals surface area (Å²) in [7, 11) is 0. The van der Waals surface area contributed by atoms with Gasteiger partial charge >= 0.3 is 0 Å². The highest BCUT2D eigenvalue weighted by Crippen LogP contribution is 2.21. The van der Waals surface area contributed by atoms with Crippen LogP contribution in [0.3, 0.4) is 0 Å². The summed E-state index contributed by atoms with van der Waals surface area (Å²) < 4.78 is 8.45. The van der Waals surface area contributed by atoms with Crippen LogP contribution >= 0.6 is 11.7 Å². The van der Waals surface area contributed by atoms with Gasteiger partial charge in [0.05, 0.1) is 30.5 Å². The van der Waals surface area contributed by atoms with E-state index in [2.05, 4.69) is 19.2 Å². The summed E-state index contributed by atoms with van der Waals surface area (Å²) in [4.78, 5) is 4.13. The number of anilines is 1. The second-order valence-corrected chi connectivity index (χ2v) is 3.79. The van der Waals surface area contributed by atoms with Crippen LogP contribution in [0.15, 0.2) is 23.2 Å². The van der Waals surface area contributed by atoms with Crippen LogP contribution < -0.4 is 5.43 Å². The van der Waals surface area contributed by atoms with Gasteiger partial charge in [-0.15, -0.1) is 0 Å². The molecule has 0 radical (unpaired) electrons. The predicted octanol–water partition coefficient (Wildman–Crippen LogP) is 1.36. The number of benzene rings is 1. The molecule has 2 heterocycles. The topological polar surface area (TPSA) is 53.4 Å². The molecule has 5 nitrogen and oxygen atoms in total. The zero-order valence-corrected chi connectivity index (χ0v) is 8.74. The first-order valence-corrected chi connectivity index (χ1v) is 5.41. The van der Waals surface area contributed by atoms with Gasteiger partial charge in [0.15, 0.2) is 0 Å². The Balaban J connectivity index is 1.95. The maximum Gasteiger partial charge on any atom is 0.129 e. The molecular formula is C9H9N5S. The van der Waals surface area contributed by atoms with Crippen molar-refractivity contribution in [3.63, 3.8) is 0 Å². The van der Waals surface area contributed by atoms with E-state index < -0.39 is 0 Å². The monoisotopic (exact) mass is 219 g/mol. The molecule has 0 amide bonds. The van der Waals surface area contributed by atoms with E-state index >= 15 is 0 Å². The first-order valence-electron chi connectivity index (χ1n) is 4.68. The van der Waals surface area contributed by atoms with Crippen LogP contribution in [0.25, 0.3) is 11.0 Å². The van der Waals surface area contributed by atoms with Crippen LogP contribution in [0.1, 0.15) is 0 Å². The molecule has 0 atom stereocenters. The predicted molar refractivity (Wildman–Crippen MR) is 61.1 cm³/mol. The summed E-state index contributed by atoms with van der Waals surface area (Å²) in [6.07, 6.45) is 1.80. The molecule has 15 heavy (non-hydrogen) atoms. The zero-order valence-electron chi connectivity index (χ0n) is 7.92. The number of aliphatic imine (C=N–C) groups is 1. The van der Waals surface area contributed by atoms with Gasteiger partial charge in [-0.25, -0.2) is 0 Å². The van der Waals surface area contributed by atoms with E-state index in [0.717, 1.165) is 29.8 Å². The molecule has 0 aliphatic carbocycles. The summed E-state index contributed by atoms with van der Waals surface area (Å²) in [5.74, 6) is 0. The standard InChI is InChI=1S/C9H9N5S/c1-2-7(11-14-5-4-10-6-14)9-8(3-1)12-15-13-9/h1-3,6,11H,4-5H2. The fourth-order valence-corrected chi connectivity index (χ4v) is 2.06. The molecule has 0 fully saturated rings. The number of nitrogens with one attached hydrogen (secondary N) is 1. The van der Waals surface area contributed by atoms with Crippen molar-refractivity contribution in [2.75, 3.05) is 18.5 Å². The van der Waals surface area contributed by atoms with E-state index in [-0.39, 0.29) is 0 Å². The lowest BCUT2D eigenvalue weighted by Gasteiger charge is -2.16. The SMILES string of the molecule is C1=NCCN1Nc1cccc2nsnc12. The molecule has 0 spiro atoms. The summed E-state index contributed by atoms with van der Waals surface area (Å²) in [6, 6.07) is 5.93. The molecule has 1 aliphatic rings. The van der Waals surface area contributed by atoms with Crippen molar-refractivity contribution < 1.29 is 0 Å². The maximum absolute atomic E-state index is 4.26. The van der Waals surface area contributed by atoms with E-state index in [1.54, 1.807) is 6.34 Å². The Morgan fingerprint density at radius 3 is 3.20 bits per heavy atom. The van der Waals surface area contributed by atoms with E-state index in [0.29, 0.717) is 0 Å². The van der Waals surface area contributed by atoms with Gasteiger partial charge in [0, 0.05) is 0 Å². The van der Waals surface area contributed by atoms with Crippen LogP contribution in [0.2, 0.25) is 0 Å². The lowest BCUT2D eigenvalue weighted by molar-refractivity contribution is 0.558. The largest absolute Gasteiger partial charge is 0.295 e. The Morgan fingerprint density at radius 1 is 1.33 bits per heavy atom. The van der Waals surface area contributed by atoms with Gasteiger partial charge in [-0.3, -0.25) is 15.4 Å². The van der Waals surface area contributed by atoms with Crippen molar-refractivity contribution in [3.05, 3.63) is 18.2 Å². The molecule has 1 aliphatic heterocycles. The maximum atomic E-state index is 4.26. The Labute approximate surface area is 90.7 Å². The molecular weight excluding hydrogens is 210 g/mol. The van der Waals surface area contributed by atoms with Crippen molar-refractivity contribution in [2.24, 2.45) is 4.99 Å². The van der Waals surface area contributed by atoms with Crippen LogP contribution in [0.5, 0.6) is 0 Å². The third-order valence-electron chi connectivity index (χ3n) is 2.24. The number of nitrogens with zero attached hydrogens (tertiary/aromatic N) is 4. The highest BCUT2D eigenvalue weighted by atomic mass is 32.1. The van der Waals surface area contributed by atoms with Crippen LogP contribution in [-0.2, 0) is 0 Å². The fourth-order valence-electron chi connectivity index (χ4n) is 1.52. The van der Waals surface area contributed by atoms with E-state index in [9.17, 15) is 0 Å². The van der Waals surface area contributed by atoms with E-state index in [1.165, 1.54) is 11.7 Å². The van der Waals surface area contributed by atoms with E-state index in [1.807, 2.05) is 23.2 Å². The van der Waals surface area contributed by atoms with Gasteiger partial charge in [-0.05, 0) is 12.1 Å². The fraction of sp³-hybridized carbons (Fsp3) is 0.222. The highest BCUT2D eigenvalue weighted by Gasteiger charge is 2.09. The first-order chi connectivity index (χ1) is 7.43. The van der Waals surface area contributed by atoms with Crippen molar-refractivity contribution in [2.45, 2.75) is 0 Å². The van der Waals surface area contributed by atoms with Crippen molar-refractivity contribution >= 4 is 34.8 Å². The lowest BCUT2D eigenvalue weighted by Crippen LogP contribution is -2.26. The van der Waals surface area contributed by atoms with Gasteiger partial charge in [0.1, 0.15) is 17.4 Å². The second kappa shape index (κ2) is 3.47. The van der Waals surface area contributed by atoms with Gasteiger partial charge in [-0.1, -0.05) is 6.07 Å². The molecule has 2 aromatic rings. The average molecular weight is 219 g/mol. The van der Waals surface area contributed by atoms with E-state index in [4.69, 9.17) is 0 Å². The molecule has 0 saturated heterocycles. The molecule has 0 unspecified atom stereocenters. The molecule has 1 aromatic heterocycles. The van der Waals surface area contributed by atoms with Gasteiger partial charge < -0.3 is 0 Å². The minimum Gasteiger partial charge on any atom is -0.295 e. The molecule has 6 heteroatoms. The van der Waals surface area contributed by atoms with Crippen molar-refractivity contribution in [3.8, 4) is 0 Å². The normalized spacial score (nSPS) is 15.1. The van der Waals surface area contributed by atoms with Crippen LogP contribution in [0.4, 0.5) is 5.69 Å². The Hall–Kier alpha value is -1.69. The highest BCUT2D eigenvalue weighted by molar-refractivity contribution is 7.00. The minimum absolute atomic E-state index is 0.846. The number of rotatable bonds is 2. The summed E-state index contributed by atoms with van der Waals surface area (Å²) in [5.41, 5.74) is 6.09. The smallest absolute Gasteiger partial charge is 0.129 e. The van der Waals surface area contributed by atoms with Crippen molar-refractivity contribution in [1.82, 2.24) is 13.8 Å². The Kier molecular flexibility index (Phi) is 1.99. The molecule has 0 saturated carbocycles. The Bertz CT molecular complexity index is 506. The summed E-state index contributed by atoms with van der Waals surface area (Å²) >= 11 is 1.23. The molecule has 1 aromatic carbocycles. The first kappa shape index (κ1) is 8.60. The van der Waals surface area contributed by atoms with Crippen molar-refractivity contribution in [1.29, 1.82) is 0 Å². The summed E-state index contributed by atoms with van der Waals surface area (Å²) in [5, 5.41) is 1.95. The molecule has 76 valence electrons.